The van der Waals surface area contributed by atoms with Gasteiger partial charge in [-0.05, 0) is 54.0 Å². The molecule has 158 valence electrons. The summed E-state index contributed by atoms with van der Waals surface area (Å²) in [6, 6.07) is 19.1. The molecule has 0 aromatic heterocycles. The van der Waals surface area contributed by atoms with Gasteiger partial charge in [0.05, 0.1) is 4.91 Å². The molecular weight excluding hydrogens is 388 g/mol. The molecule has 1 aliphatic heterocycles. The Morgan fingerprint density at radius 1 is 1.03 bits per heavy atom. The molecule has 0 radical (unpaired) electrons. The summed E-state index contributed by atoms with van der Waals surface area (Å²) in [6.45, 7) is 6.70. The fraction of sp³-hybridized carbons (Fsp3) is 0.423. The van der Waals surface area contributed by atoms with Crippen LogP contribution in [-0.2, 0) is 4.79 Å². The van der Waals surface area contributed by atoms with E-state index in [1.807, 2.05) is 18.2 Å². The summed E-state index contributed by atoms with van der Waals surface area (Å²) in [5, 5.41) is 3.61. The Morgan fingerprint density at radius 2 is 1.73 bits per heavy atom. The van der Waals surface area contributed by atoms with Crippen molar-refractivity contribution in [1.29, 1.82) is 0 Å². The average molecular weight is 421 g/mol. The first kappa shape index (κ1) is 21.0. The second-order valence-corrected chi connectivity index (χ2v) is 9.97. The highest BCUT2D eigenvalue weighted by molar-refractivity contribution is 8.05. The van der Waals surface area contributed by atoms with Crippen LogP contribution in [0.25, 0.3) is 6.08 Å². The molecule has 2 fully saturated rings. The minimum atomic E-state index is -0.0633. The molecule has 4 heteroatoms. The smallest absolute Gasteiger partial charge is 0.262 e. The zero-order chi connectivity index (χ0) is 21.1. The zero-order valence-electron chi connectivity index (χ0n) is 18.2. The average Bonchev–Trinajstić information content (AvgIpc) is 3.04. The molecule has 1 saturated heterocycles. The van der Waals surface area contributed by atoms with Crippen molar-refractivity contribution in [3.05, 3.63) is 70.6 Å². The Morgan fingerprint density at radius 3 is 2.40 bits per heavy atom. The predicted octanol–water partition coefficient (Wildman–Crippen LogP) is 6.70. The summed E-state index contributed by atoms with van der Waals surface area (Å²) in [7, 11) is 0. The van der Waals surface area contributed by atoms with Crippen molar-refractivity contribution in [3.8, 4) is 0 Å². The molecule has 1 heterocycles. The van der Waals surface area contributed by atoms with Crippen LogP contribution in [0.3, 0.4) is 0 Å². The largest absolute Gasteiger partial charge is 0.356 e. The summed E-state index contributed by atoms with van der Waals surface area (Å²) in [5.74, 6) is 1.21. The van der Waals surface area contributed by atoms with E-state index in [0.29, 0.717) is 17.9 Å². The predicted molar refractivity (Wildman–Crippen MR) is 128 cm³/mol. The zero-order valence-corrected chi connectivity index (χ0v) is 19.0. The van der Waals surface area contributed by atoms with Crippen molar-refractivity contribution in [3.63, 3.8) is 0 Å². The quantitative estimate of drug-likeness (QED) is 0.546. The number of anilines is 1. The van der Waals surface area contributed by atoms with E-state index in [1.54, 1.807) is 11.8 Å². The van der Waals surface area contributed by atoms with Gasteiger partial charge in [-0.1, -0.05) is 87.8 Å². The van der Waals surface area contributed by atoms with Crippen molar-refractivity contribution < 1.29 is 4.79 Å². The molecule has 1 N–H and O–H groups in total. The molecule has 4 rings (SSSR count). The minimum absolute atomic E-state index is 0.0633. The Hall–Kier alpha value is -2.20. The summed E-state index contributed by atoms with van der Waals surface area (Å²) in [4.78, 5) is 16.5. The summed E-state index contributed by atoms with van der Waals surface area (Å²) < 4.78 is 0. The van der Waals surface area contributed by atoms with E-state index in [9.17, 15) is 4.79 Å². The number of carbonyl (C=O) groups is 1. The lowest BCUT2D eigenvalue weighted by Gasteiger charge is -2.39. The van der Waals surface area contributed by atoms with Gasteiger partial charge in [-0.25, -0.2) is 0 Å². The minimum Gasteiger partial charge on any atom is -0.356 e. The molecule has 0 bridgehead atoms. The van der Waals surface area contributed by atoms with Crippen molar-refractivity contribution in [2.75, 3.05) is 5.32 Å². The molecule has 30 heavy (non-hydrogen) atoms. The van der Waals surface area contributed by atoms with Crippen LogP contribution >= 0.6 is 11.8 Å². The maximum Gasteiger partial charge on any atom is 0.262 e. The lowest BCUT2D eigenvalue weighted by molar-refractivity contribution is -0.129. The van der Waals surface area contributed by atoms with E-state index in [1.165, 1.54) is 24.8 Å². The molecule has 1 amide bonds. The number of thioether (sulfide) groups is 1. The van der Waals surface area contributed by atoms with Crippen LogP contribution in [0.15, 0.2) is 59.5 Å². The van der Waals surface area contributed by atoms with E-state index in [2.05, 4.69) is 73.5 Å². The monoisotopic (exact) mass is 420 g/mol. The first-order chi connectivity index (χ1) is 14.5. The molecule has 2 aromatic carbocycles. The Balaban J connectivity index is 1.61. The van der Waals surface area contributed by atoms with Crippen LogP contribution in [0, 0.1) is 5.92 Å². The number of carbonyl (C=O) groups excluding carboxylic acids is 1. The highest BCUT2D eigenvalue weighted by Gasteiger charge is 2.42. The number of hydrogen-bond donors (Lipinski definition) is 1. The molecule has 3 nitrogen and oxygen atoms in total. The van der Waals surface area contributed by atoms with Crippen LogP contribution in [0.5, 0.6) is 0 Å². The highest BCUT2D eigenvalue weighted by atomic mass is 32.2. The summed E-state index contributed by atoms with van der Waals surface area (Å²) in [5.41, 5.74) is 3.40. The van der Waals surface area contributed by atoms with Crippen LogP contribution in [0.2, 0.25) is 0 Å². The third-order valence-corrected chi connectivity index (χ3v) is 7.44. The molecule has 2 aliphatic rings. The van der Waals surface area contributed by atoms with Crippen LogP contribution in [0.1, 0.15) is 63.5 Å². The fourth-order valence-corrected chi connectivity index (χ4v) is 5.71. The van der Waals surface area contributed by atoms with Gasteiger partial charge >= 0.3 is 0 Å². The number of nitrogens with zero attached hydrogens (tertiary/aromatic N) is 1. The van der Waals surface area contributed by atoms with E-state index < -0.39 is 0 Å². The normalized spacial score (nSPS) is 25.9. The molecule has 2 aromatic rings. The van der Waals surface area contributed by atoms with E-state index in [0.717, 1.165) is 22.6 Å². The van der Waals surface area contributed by atoms with Crippen LogP contribution < -0.4 is 5.32 Å². The molecule has 1 unspecified atom stereocenters. The van der Waals surface area contributed by atoms with Crippen LogP contribution in [0.4, 0.5) is 5.69 Å². The number of amides is 1. The standard InChI is InChI=1S/C26H32N2OS/c1-18(2)21-15-13-20(14-16-21)17-24-25(29)28(23-12-8-7-9-19(23)3)26(30-24)27-22-10-5-4-6-11-22/h4-6,10-11,13-19,23,26-27H,7-9,12H2,1-3H3/b24-17-/t19-,23+,26?/m1/s1. The van der Waals surface area contributed by atoms with Gasteiger partial charge in [0.25, 0.3) is 5.91 Å². The number of benzene rings is 2. The van der Waals surface area contributed by atoms with Gasteiger partial charge in [0.1, 0.15) is 0 Å². The maximum absolute atomic E-state index is 13.5. The number of rotatable bonds is 5. The Kier molecular flexibility index (Phi) is 6.52. The SMILES string of the molecule is CC(C)c1ccc(/C=C2\SC(Nc3ccccc3)N([C@H]3CCCC[C@H]3C)C2=O)cc1. The van der Waals surface area contributed by atoms with Crippen molar-refractivity contribution >= 4 is 29.4 Å². The maximum atomic E-state index is 13.5. The van der Waals surface area contributed by atoms with Crippen molar-refractivity contribution in [1.82, 2.24) is 4.90 Å². The molecule has 1 saturated carbocycles. The van der Waals surface area contributed by atoms with Gasteiger partial charge in [0.15, 0.2) is 5.50 Å². The first-order valence-electron chi connectivity index (χ1n) is 11.2. The molecular formula is C26H32N2OS. The molecule has 3 atom stereocenters. The van der Waals surface area contributed by atoms with E-state index in [-0.39, 0.29) is 11.4 Å². The number of nitrogens with one attached hydrogen (secondary N) is 1. The first-order valence-corrected chi connectivity index (χ1v) is 12.0. The number of hydrogen-bond acceptors (Lipinski definition) is 3. The topological polar surface area (TPSA) is 32.3 Å². The van der Waals surface area contributed by atoms with Crippen molar-refractivity contribution in [2.45, 2.75) is 63.9 Å². The van der Waals surface area contributed by atoms with E-state index >= 15 is 0 Å². The second-order valence-electron chi connectivity index (χ2n) is 8.85. The van der Waals surface area contributed by atoms with E-state index in [4.69, 9.17) is 0 Å². The van der Waals surface area contributed by atoms with Gasteiger partial charge in [-0.3, -0.25) is 4.79 Å². The Bertz CT molecular complexity index is 891. The lowest BCUT2D eigenvalue weighted by Crippen LogP contribution is -2.48. The van der Waals surface area contributed by atoms with Gasteiger partial charge in [-0.15, -0.1) is 0 Å². The third kappa shape index (κ3) is 4.59. The summed E-state index contributed by atoms with van der Waals surface area (Å²) >= 11 is 1.65. The van der Waals surface area contributed by atoms with Gasteiger partial charge in [-0.2, -0.15) is 0 Å². The molecule has 1 aliphatic carbocycles. The summed E-state index contributed by atoms with van der Waals surface area (Å²) in [6.07, 6.45) is 6.83. The van der Waals surface area contributed by atoms with Gasteiger partial charge in [0.2, 0.25) is 0 Å². The second kappa shape index (κ2) is 9.30. The van der Waals surface area contributed by atoms with Gasteiger partial charge in [0, 0.05) is 11.7 Å². The lowest BCUT2D eigenvalue weighted by atomic mass is 9.85. The molecule has 0 spiro atoms. The van der Waals surface area contributed by atoms with Crippen molar-refractivity contribution in [2.24, 2.45) is 5.92 Å². The fourth-order valence-electron chi connectivity index (χ4n) is 4.50. The van der Waals surface area contributed by atoms with Gasteiger partial charge < -0.3 is 10.2 Å². The van der Waals surface area contributed by atoms with Crippen LogP contribution in [-0.4, -0.2) is 22.3 Å². The third-order valence-electron chi connectivity index (χ3n) is 6.32. The number of para-hydroxylation sites is 1. The highest BCUT2D eigenvalue weighted by Crippen LogP contribution is 2.42. The Labute approximate surface area is 184 Å².